The number of aliphatic imine (C=N–C) groups is 1. The van der Waals surface area contributed by atoms with Crippen LogP contribution in [0.1, 0.15) is 40.2 Å². The number of nitrogens with one attached hydrogen (secondary N) is 1. The van der Waals surface area contributed by atoms with Crippen LogP contribution in [0.5, 0.6) is 11.5 Å². The molecule has 0 fully saturated rings. The van der Waals surface area contributed by atoms with Crippen LogP contribution in [0.25, 0.3) is 0 Å². The lowest BCUT2D eigenvalue weighted by molar-refractivity contribution is -0.114. The molecular weight excluding hydrogens is 408 g/mol. The number of aromatic hydroxyl groups is 1. The van der Waals surface area contributed by atoms with E-state index in [2.05, 4.69) is 38.0 Å². The van der Waals surface area contributed by atoms with Crippen molar-refractivity contribution in [1.29, 1.82) is 0 Å². The molecule has 0 saturated carbocycles. The molecule has 7 heteroatoms. The number of anilines is 1. The van der Waals surface area contributed by atoms with Gasteiger partial charge in [-0.05, 0) is 35.1 Å². The molecule has 0 bridgehead atoms. The molecular formula is C25H34N2O5. The van der Waals surface area contributed by atoms with Crippen LogP contribution >= 0.6 is 0 Å². The Balaban J connectivity index is 0.000000343. The minimum atomic E-state index is -0.588. The highest BCUT2D eigenvalue weighted by Gasteiger charge is 2.26. The van der Waals surface area contributed by atoms with Gasteiger partial charge in [0.15, 0.2) is 11.5 Å². The number of ketones is 1. The average molecular weight is 443 g/mol. The summed E-state index contributed by atoms with van der Waals surface area (Å²) in [4.78, 5) is 26.7. The second-order valence-corrected chi connectivity index (χ2v) is 8.04. The van der Waals surface area contributed by atoms with E-state index in [1.807, 2.05) is 18.2 Å². The molecule has 0 saturated heterocycles. The van der Waals surface area contributed by atoms with Gasteiger partial charge in [0.1, 0.15) is 18.1 Å². The Bertz CT molecular complexity index is 935. The molecule has 1 amide bonds. The number of phenolic OH excluding ortho intramolecular Hbond substituents is 1. The summed E-state index contributed by atoms with van der Waals surface area (Å²) in [6.45, 7) is 9.93. The van der Waals surface area contributed by atoms with Gasteiger partial charge in [0.2, 0.25) is 0 Å². The zero-order valence-corrected chi connectivity index (χ0v) is 19.7. The Hall–Kier alpha value is -3.19. The summed E-state index contributed by atoms with van der Waals surface area (Å²) in [6.07, 6.45) is 0. The summed E-state index contributed by atoms with van der Waals surface area (Å²) in [5.41, 5.74) is 1.33. The van der Waals surface area contributed by atoms with Crippen LogP contribution in [-0.4, -0.2) is 47.9 Å². The number of hydrogen-bond acceptors (Lipinski definition) is 6. The number of aliphatic hydroxyl groups is 1. The lowest BCUT2D eigenvalue weighted by Gasteiger charge is -2.30. The quantitative estimate of drug-likeness (QED) is 0.423. The molecule has 0 radical (unpaired) electrons. The molecule has 174 valence electrons. The molecule has 2 aromatic rings. The first-order valence-corrected chi connectivity index (χ1v) is 10.5. The third-order valence-electron chi connectivity index (χ3n) is 5.30. The molecule has 2 aromatic carbocycles. The monoisotopic (exact) mass is 442 g/mol. The summed E-state index contributed by atoms with van der Waals surface area (Å²) in [5, 5.41) is 21.0. The lowest BCUT2D eigenvalue weighted by Crippen LogP contribution is -2.28. The molecule has 0 atom stereocenters. The van der Waals surface area contributed by atoms with Crippen molar-refractivity contribution in [2.24, 2.45) is 10.9 Å². The van der Waals surface area contributed by atoms with Gasteiger partial charge in [0.25, 0.3) is 5.91 Å². The average Bonchev–Trinajstić information content (AvgIpc) is 2.74. The molecule has 0 aliphatic carbocycles. The number of Topliss-reactive ketones (excluding diaryl/α,β-unsaturated/α-hetero) is 1. The van der Waals surface area contributed by atoms with Gasteiger partial charge in [-0.1, -0.05) is 58.0 Å². The van der Waals surface area contributed by atoms with Crippen LogP contribution in [0.3, 0.4) is 0 Å². The smallest absolute Gasteiger partial charge is 0.277 e. The first-order valence-electron chi connectivity index (χ1n) is 10.5. The third kappa shape index (κ3) is 7.50. The van der Waals surface area contributed by atoms with Gasteiger partial charge >= 0.3 is 0 Å². The Morgan fingerprint density at radius 2 is 1.69 bits per heavy atom. The minimum Gasteiger partial charge on any atom is -0.508 e. The molecule has 32 heavy (non-hydrogen) atoms. The van der Waals surface area contributed by atoms with Gasteiger partial charge < -0.3 is 20.3 Å². The predicted octanol–water partition coefficient (Wildman–Crippen LogP) is 3.98. The highest BCUT2D eigenvalue weighted by molar-refractivity contribution is 6.67. The Kier molecular flexibility index (Phi) is 10.6. The number of amides is 1. The van der Waals surface area contributed by atoms with E-state index in [1.54, 1.807) is 30.3 Å². The van der Waals surface area contributed by atoms with Crippen LogP contribution < -0.4 is 10.1 Å². The van der Waals surface area contributed by atoms with Crippen molar-refractivity contribution in [2.75, 3.05) is 25.6 Å². The van der Waals surface area contributed by atoms with Crippen LogP contribution in [0.2, 0.25) is 0 Å². The van der Waals surface area contributed by atoms with Crippen molar-refractivity contribution in [3.05, 3.63) is 54.1 Å². The van der Waals surface area contributed by atoms with Gasteiger partial charge in [-0.15, -0.1) is 0 Å². The molecule has 0 unspecified atom stereocenters. The number of phenols is 1. The maximum absolute atomic E-state index is 11.8. The normalized spacial score (nSPS) is 11.4. The number of benzene rings is 2. The maximum Gasteiger partial charge on any atom is 0.277 e. The SMILES string of the molecule is CC(C)C(C)(C)c1ccccc1O.CN=C(C(C)=O)C(=O)Nc1ccccc1OCCO. The van der Waals surface area contributed by atoms with E-state index in [-0.39, 0.29) is 24.3 Å². The van der Waals surface area contributed by atoms with E-state index < -0.39 is 11.7 Å². The number of para-hydroxylation sites is 3. The van der Waals surface area contributed by atoms with Crippen LogP contribution in [0, 0.1) is 5.92 Å². The lowest BCUT2D eigenvalue weighted by atomic mass is 9.75. The summed E-state index contributed by atoms with van der Waals surface area (Å²) in [7, 11) is 1.38. The molecule has 0 spiro atoms. The number of nitrogens with zero attached hydrogens (tertiary/aromatic N) is 1. The number of hydrogen-bond donors (Lipinski definition) is 3. The fraction of sp³-hybridized carbons (Fsp3) is 0.400. The Morgan fingerprint density at radius 3 is 2.22 bits per heavy atom. The molecule has 0 aliphatic rings. The fourth-order valence-electron chi connectivity index (χ4n) is 2.78. The number of aliphatic hydroxyl groups excluding tert-OH is 1. The Labute approximate surface area is 190 Å². The highest BCUT2D eigenvalue weighted by atomic mass is 16.5. The largest absolute Gasteiger partial charge is 0.508 e. The van der Waals surface area contributed by atoms with Gasteiger partial charge in [-0.2, -0.15) is 0 Å². The fourth-order valence-corrected chi connectivity index (χ4v) is 2.78. The van der Waals surface area contributed by atoms with E-state index in [1.165, 1.54) is 14.0 Å². The highest BCUT2D eigenvalue weighted by Crippen LogP contribution is 2.36. The predicted molar refractivity (Wildman–Crippen MR) is 128 cm³/mol. The first-order chi connectivity index (χ1) is 15.1. The molecule has 0 aliphatic heterocycles. The first kappa shape index (κ1) is 26.8. The molecule has 2 rings (SSSR count). The van der Waals surface area contributed by atoms with E-state index in [0.717, 1.165) is 5.56 Å². The number of rotatable bonds is 8. The van der Waals surface area contributed by atoms with Crippen molar-refractivity contribution in [2.45, 2.75) is 40.0 Å². The van der Waals surface area contributed by atoms with E-state index in [9.17, 15) is 14.7 Å². The third-order valence-corrected chi connectivity index (χ3v) is 5.30. The number of carbonyl (C=O) groups is 2. The zero-order chi connectivity index (χ0) is 24.3. The summed E-state index contributed by atoms with van der Waals surface area (Å²) in [6, 6.07) is 14.3. The standard InChI is InChI=1S/C13H16N2O4.C12H18O/c1-9(17)12(14-2)13(18)15-10-5-3-4-6-11(10)19-8-7-16;1-9(2)12(3,4)10-7-5-6-8-11(10)13/h3-6,16H,7-8H2,1-2H3,(H,15,18);5-9,13H,1-4H3. The number of ether oxygens (including phenoxy) is 1. The molecule has 7 nitrogen and oxygen atoms in total. The second-order valence-electron chi connectivity index (χ2n) is 8.04. The molecule has 3 N–H and O–H groups in total. The van der Waals surface area contributed by atoms with E-state index in [4.69, 9.17) is 9.84 Å². The van der Waals surface area contributed by atoms with Crippen LogP contribution in [0.4, 0.5) is 5.69 Å². The van der Waals surface area contributed by atoms with Gasteiger partial charge in [0.05, 0.1) is 12.3 Å². The second kappa shape index (κ2) is 12.6. The van der Waals surface area contributed by atoms with Crippen LogP contribution in [-0.2, 0) is 15.0 Å². The summed E-state index contributed by atoms with van der Waals surface area (Å²) >= 11 is 0. The summed E-state index contributed by atoms with van der Waals surface area (Å²) < 4.78 is 5.27. The van der Waals surface area contributed by atoms with E-state index >= 15 is 0 Å². The van der Waals surface area contributed by atoms with E-state index in [0.29, 0.717) is 23.1 Å². The zero-order valence-electron chi connectivity index (χ0n) is 19.7. The molecule has 0 aromatic heterocycles. The maximum atomic E-state index is 11.8. The van der Waals surface area contributed by atoms with Gasteiger partial charge in [0, 0.05) is 14.0 Å². The van der Waals surface area contributed by atoms with Crippen LogP contribution in [0.15, 0.2) is 53.5 Å². The van der Waals surface area contributed by atoms with Crippen molar-refractivity contribution in [3.8, 4) is 11.5 Å². The van der Waals surface area contributed by atoms with Crippen molar-refractivity contribution in [3.63, 3.8) is 0 Å². The van der Waals surface area contributed by atoms with Crippen molar-refractivity contribution in [1.82, 2.24) is 0 Å². The van der Waals surface area contributed by atoms with Gasteiger partial charge in [-0.3, -0.25) is 14.6 Å². The summed E-state index contributed by atoms with van der Waals surface area (Å²) in [5.74, 6) is 0.342. The van der Waals surface area contributed by atoms with Crippen molar-refractivity contribution < 1.29 is 24.5 Å². The Morgan fingerprint density at radius 1 is 1.09 bits per heavy atom. The topological polar surface area (TPSA) is 108 Å². The minimum absolute atomic E-state index is 0.0331. The van der Waals surface area contributed by atoms with Gasteiger partial charge in [-0.25, -0.2) is 0 Å². The number of carbonyl (C=O) groups excluding carboxylic acids is 2. The van der Waals surface area contributed by atoms with Crippen molar-refractivity contribution >= 4 is 23.1 Å². The molecule has 0 heterocycles.